The molecule has 0 saturated heterocycles. The summed E-state index contributed by atoms with van der Waals surface area (Å²) in [6.45, 7) is 7.14. The molecular weight excluding hydrogens is 342 g/mol. The normalized spacial score (nSPS) is 12.4. The van der Waals surface area contributed by atoms with E-state index >= 15 is 0 Å². The molecule has 142 valence electrons. The van der Waals surface area contributed by atoms with E-state index in [0.29, 0.717) is 12.2 Å². The highest BCUT2D eigenvalue weighted by Crippen LogP contribution is 2.21. The first kappa shape index (κ1) is 18.3. The van der Waals surface area contributed by atoms with Crippen molar-refractivity contribution in [3.8, 4) is 0 Å². The average Bonchev–Trinajstić information content (AvgIpc) is 2.97. The summed E-state index contributed by atoms with van der Waals surface area (Å²) in [5.41, 5.74) is 7.86. The van der Waals surface area contributed by atoms with E-state index in [-0.39, 0.29) is 6.04 Å². The second-order valence-electron chi connectivity index (χ2n) is 7.79. The predicted molar refractivity (Wildman–Crippen MR) is 116 cm³/mol. The Labute approximate surface area is 166 Å². The topological polar surface area (TPSA) is 33.7 Å². The number of fused-ring (bicyclic) bond motifs is 1. The van der Waals surface area contributed by atoms with Gasteiger partial charge < -0.3 is 9.13 Å². The number of nitrogens with zero attached hydrogens (tertiary/aromatic N) is 2. The van der Waals surface area contributed by atoms with Gasteiger partial charge in [-0.1, -0.05) is 71.8 Å². The number of para-hydroxylation sites is 2. The van der Waals surface area contributed by atoms with Crippen LogP contribution in [0.2, 0.25) is 0 Å². The van der Waals surface area contributed by atoms with E-state index in [0.717, 1.165) is 17.5 Å². The minimum Gasteiger partial charge on any atom is -0.307 e. The largest absolute Gasteiger partial charge is 0.307 e. The van der Waals surface area contributed by atoms with Crippen molar-refractivity contribution in [3.63, 3.8) is 0 Å². The van der Waals surface area contributed by atoms with Crippen LogP contribution >= 0.6 is 0 Å². The van der Waals surface area contributed by atoms with Crippen LogP contribution in [0.5, 0.6) is 0 Å². The van der Waals surface area contributed by atoms with Crippen LogP contribution in [0.15, 0.2) is 72.8 Å². The molecule has 1 aromatic heterocycles. The Morgan fingerprint density at radius 3 is 1.89 bits per heavy atom. The van der Waals surface area contributed by atoms with E-state index < -0.39 is 0 Å². The zero-order chi connectivity index (χ0) is 19.7. The first-order valence-electron chi connectivity index (χ1n) is 9.88. The number of hydrogen-bond acceptors (Lipinski definition) is 1. The van der Waals surface area contributed by atoms with Gasteiger partial charge >= 0.3 is 0 Å². The molecule has 3 nitrogen and oxygen atoms in total. The van der Waals surface area contributed by atoms with Gasteiger partial charge in [0.05, 0.1) is 17.6 Å². The fourth-order valence-corrected chi connectivity index (χ4v) is 3.89. The third-order valence-corrected chi connectivity index (χ3v) is 5.47. The van der Waals surface area contributed by atoms with Crippen LogP contribution in [0, 0.1) is 19.3 Å². The number of nitrogens with one attached hydrogen (secondary N) is 1. The predicted octanol–water partition coefficient (Wildman–Crippen LogP) is 5.39. The quantitative estimate of drug-likeness (QED) is 0.489. The summed E-state index contributed by atoms with van der Waals surface area (Å²) in [5.74, 6) is 0. The van der Waals surface area contributed by atoms with Gasteiger partial charge in [0.2, 0.25) is 5.62 Å². The summed E-state index contributed by atoms with van der Waals surface area (Å²) in [6.07, 6.45) is 0.912. The highest BCUT2D eigenvalue weighted by Gasteiger charge is 2.16. The Balaban J connectivity index is 1.74. The second kappa shape index (κ2) is 7.51. The Kier molecular flexibility index (Phi) is 4.91. The minimum absolute atomic E-state index is 0.208. The molecule has 0 fully saturated rings. The molecule has 0 amide bonds. The average molecular weight is 370 g/mol. The molecule has 0 saturated carbocycles. The van der Waals surface area contributed by atoms with Crippen molar-refractivity contribution in [3.05, 3.63) is 101 Å². The molecule has 3 aromatic carbocycles. The summed E-state index contributed by atoms with van der Waals surface area (Å²) in [7, 11) is 0. The number of imidazole rings is 1. The van der Waals surface area contributed by atoms with Crippen LogP contribution in [-0.4, -0.2) is 9.13 Å². The molecule has 0 aliphatic heterocycles. The Hall–Kier alpha value is -3.07. The molecule has 28 heavy (non-hydrogen) atoms. The number of hydrogen-bond donors (Lipinski definition) is 1. The Morgan fingerprint density at radius 1 is 0.750 bits per heavy atom. The third kappa shape index (κ3) is 3.53. The molecule has 4 rings (SSSR count). The summed E-state index contributed by atoms with van der Waals surface area (Å²) >= 11 is 0. The van der Waals surface area contributed by atoms with Crippen molar-refractivity contribution < 1.29 is 0 Å². The molecule has 1 heterocycles. The van der Waals surface area contributed by atoms with Gasteiger partial charge in [-0.15, -0.1) is 0 Å². The van der Waals surface area contributed by atoms with Gasteiger partial charge in [0.1, 0.15) is 0 Å². The van der Waals surface area contributed by atoms with Gasteiger partial charge in [-0.2, -0.15) is 0 Å². The lowest BCUT2D eigenvalue weighted by Crippen LogP contribution is -2.28. The fourth-order valence-electron chi connectivity index (χ4n) is 3.89. The van der Waals surface area contributed by atoms with Gasteiger partial charge in [0.15, 0.2) is 0 Å². The molecule has 0 aliphatic carbocycles. The minimum atomic E-state index is 0.208. The van der Waals surface area contributed by atoms with Crippen molar-refractivity contribution in [1.29, 1.82) is 5.41 Å². The molecule has 1 N–H and O–H groups in total. The van der Waals surface area contributed by atoms with Crippen molar-refractivity contribution in [1.82, 2.24) is 9.13 Å². The monoisotopic (exact) mass is 369 g/mol. The van der Waals surface area contributed by atoms with E-state index in [1.165, 1.54) is 22.3 Å². The maximum absolute atomic E-state index is 8.92. The van der Waals surface area contributed by atoms with E-state index in [1.807, 2.05) is 0 Å². The van der Waals surface area contributed by atoms with Crippen LogP contribution in [0.25, 0.3) is 11.0 Å². The lowest BCUT2D eigenvalue weighted by atomic mass is 10.1. The van der Waals surface area contributed by atoms with E-state index in [9.17, 15) is 0 Å². The molecule has 3 heteroatoms. The van der Waals surface area contributed by atoms with Crippen LogP contribution in [0.3, 0.4) is 0 Å². The number of benzene rings is 3. The summed E-state index contributed by atoms with van der Waals surface area (Å²) in [5, 5.41) is 8.92. The number of aromatic nitrogens is 2. The zero-order valence-corrected chi connectivity index (χ0v) is 16.8. The first-order valence-corrected chi connectivity index (χ1v) is 9.88. The van der Waals surface area contributed by atoms with Gasteiger partial charge in [-0.25, -0.2) is 0 Å². The maximum Gasteiger partial charge on any atom is 0.203 e. The SMILES string of the molecule is Cc1ccc(CC(C)n2c(=N)n(Cc3ccc(C)cc3)c3ccccc32)cc1. The van der Waals surface area contributed by atoms with Gasteiger partial charge in [-0.05, 0) is 50.5 Å². The van der Waals surface area contributed by atoms with Gasteiger partial charge in [0.25, 0.3) is 0 Å². The smallest absolute Gasteiger partial charge is 0.203 e. The van der Waals surface area contributed by atoms with E-state index in [1.54, 1.807) is 0 Å². The fraction of sp³-hybridized carbons (Fsp3) is 0.240. The van der Waals surface area contributed by atoms with Crippen LogP contribution < -0.4 is 5.62 Å². The lowest BCUT2D eigenvalue weighted by Gasteiger charge is -2.15. The Bertz CT molecular complexity index is 1150. The summed E-state index contributed by atoms with van der Waals surface area (Å²) < 4.78 is 4.29. The maximum atomic E-state index is 8.92. The second-order valence-corrected chi connectivity index (χ2v) is 7.79. The standard InChI is InChI=1S/C25H27N3/c1-18-8-12-21(13-9-18)16-20(3)28-24-7-5-4-6-23(24)27(25(28)26)17-22-14-10-19(2)11-15-22/h4-15,20,26H,16-17H2,1-3H3. The molecule has 0 spiro atoms. The molecule has 0 bridgehead atoms. The van der Waals surface area contributed by atoms with Crippen molar-refractivity contribution >= 4 is 11.0 Å². The molecular formula is C25H27N3. The van der Waals surface area contributed by atoms with E-state index in [2.05, 4.69) is 103 Å². The first-order chi connectivity index (χ1) is 13.5. The Morgan fingerprint density at radius 2 is 1.29 bits per heavy atom. The lowest BCUT2D eigenvalue weighted by molar-refractivity contribution is 0.514. The molecule has 0 aliphatic rings. The van der Waals surface area contributed by atoms with Crippen molar-refractivity contribution in [2.45, 2.75) is 39.8 Å². The van der Waals surface area contributed by atoms with Crippen molar-refractivity contribution in [2.24, 2.45) is 0 Å². The van der Waals surface area contributed by atoms with Crippen LogP contribution in [0.4, 0.5) is 0 Å². The van der Waals surface area contributed by atoms with Gasteiger partial charge in [-0.3, -0.25) is 5.41 Å². The highest BCUT2D eigenvalue weighted by molar-refractivity contribution is 5.76. The molecule has 1 unspecified atom stereocenters. The molecule has 0 radical (unpaired) electrons. The molecule has 4 aromatic rings. The van der Waals surface area contributed by atoms with Crippen molar-refractivity contribution in [2.75, 3.05) is 0 Å². The van der Waals surface area contributed by atoms with Crippen LogP contribution in [0.1, 0.15) is 35.2 Å². The summed E-state index contributed by atoms with van der Waals surface area (Å²) in [6, 6.07) is 25.9. The highest BCUT2D eigenvalue weighted by atomic mass is 15.2. The van der Waals surface area contributed by atoms with Crippen LogP contribution in [-0.2, 0) is 13.0 Å². The number of rotatable bonds is 5. The van der Waals surface area contributed by atoms with E-state index in [4.69, 9.17) is 5.41 Å². The van der Waals surface area contributed by atoms with Gasteiger partial charge in [0, 0.05) is 6.04 Å². The number of aryl methyl sites for hydroxylation is 2. The summed E-state index contributed by atoms with van der Waals surface area (Å²) in [4.78, 5) is 0. The molecule has 1 atom stereocenters. The third-order valence-electron chi connectivity index (χ3n) is 5.47. The zero-order valence-electron chi connectivity index (χ0n) is 16.8.